The Morgan fingerprint density at radius 2 is 1.52 bits per heavy atom. The molecule has 2 aromatic heterocycles. The molecule has 7 heteroatoms. The number of ether oxygens (including phenoxy) is 3. The zero-order valence-corrected chi connectivity index (χ0v) is 22.7. The molecule has 0 saturated heterocycles. The summed E-state index contributed by atoms with van der Waals surface area (Å²) in [6.07, 6.45) is 1.73. The Hall–Kier alpha value is -4.62. The lowest BCUT2D eigenvalue weighted by Crippen LogP contribution is -2.57. The van der Waals surface area contributed by atoms with E-state index >= 15 is 0 Å². The first kappa shape index (κ1) is 23.3. The highest BCUT2D eigenvalue weighted by Gasteiger charge is 2.41. The Morgan fingerprint density at radius 3 is 2.27 bits per heavy atom. The van der Waals surface area contributed by atoms with Gasteiger partial charge in [0.2, 0.25) is 5.88 Å². The van der Waals surface area contributed by atoms with E-state index in [0.717, 1.165) is 55.5 Å². The van der Waals surface area contributed by atoms with E-state index in [1.807, 2.05) is 36.4 Å². The number of aromatic nitrogens is 2. The van der Waals surface area contributed by atoms with Crippen LogP contribution in [0.4, 0.5) is 0 Å². The highest BCUT2D eigenvalue weighted by atomic mass is 32.1. The second kappa shape index (κ2) is 8.96. The molecule has 0 spiro atoms. The van der Waals surface area contributed by atoms with Crippen molar-refractivity contribution in [3.05, 3.63) is 103 Å². The number of thiazole rings is 1. The van der Waals surface area contributed by atoms with Gasteiger partial charge in [0.05, 0.1) is 10.2 Å². The molecule has 0 aliphatic carbocycles. The van der Waals surface area contributed by atoms with Crippen LogP contribution in [0.25, 0.3) is 20.8 Å². The molecule has 0 saturated carbocycles. The van der Waals surface area contributed by atoms with Gasteiger partial charge in [-0.15, -0.1) is 11.3 Å². The standard InChI is InChI=1S/C33H23BN2O3S/c1-19(2)21-16-28-32-29(17-21)39-27-13-11-22(37-31-9-5-6-14-35-31)18-24(27)34(32)23-15-20(10-12-26(23)38-28)33-36-25-7-3-4-8-30(25)40-33/h3-19H,1-2H3. The Morgan fingerprint density at radius 1 is 0.775 bits per heavy atom. The molecule has 2 aliphatic rings. The molecular weight excluding hydrogens is 515 g/mol. The molecule has 0 N–H and O–H groups in total. The zero-order chi connectivity index (χ0) is 26.8. The minimum absolute atomic E-state index is 0.0830. The molecule has 0 bridgehead atoms. The van der Waals surface area contributed by atoms with Gasteiger partial charge in [0.25, 0.3) is 6.71 Å². The molecule has 5 nitrogen and oxygen atoms in total. The molecule has 0 amide bonds. The quantitative estimate of drug-likeness (QED) is 0.226. The fourth-order valence-electron chi connectivity index (χ4n) is 5.56. The summed E-state index contributed by atoms with van der Waals surface area (Å²) in [7, 11) is 0. The summed E-state index contributed by atoms with van der Waals surface area (Å²) in [5.41, 5.74) is 6.42. The smallest absolute Gasteiger partial charge is 0.260 e. The van der Waals surface area contributed by atoms with Crippen molar-refractivity contribution in [2.75, 3.05) is 0 Å². The molecule has 2 aliphatic heterocycles. The van der Waals surface area contributed by atoms with Gasteiger partial charge in [-0.3, -0.25) is 0 Å². The van der Waals surface area contributed by atoms with Crippen LogP contribution in [0.2, 0.25) is 0 Å². The van der Waals surface area contributed by atoms with E-state index in [9.17, 15) is 0 Å². The van der Waals surface area contributed by atoms with Crippen LogP contribution in [0.5, 0.6) is 34.6 Å². The van der Waals surface area contributed by atoms with Crippen molar-refractivity contribution in [3.8, 4) is 45.2 Å². The maximum atomic E-state index is 6.57. The Kier molecular flexibility index (Phi) is 5.22. The highest BCUT2D eigenvalue weighted by molar-refractivity contribution is 7.21. The van der Waals surface area contributed by atoms with Crippen LogP contribution in [-0.2, 0) is 0 Å². The predicted octanol–water partition coefficient (Wildman–Crippen LogP) is 7.00. The minimum Gasteiger partial charge on any atom is -0.458 e. The van der Waals surface area contributed by atoms with Crippen molar-refractivity contribution in [1.82, 2.24) is 9.97 Å². The largest absolute Gasteiger partial charge is 0.458 e. The maximum absolute atomic E-state index is 6.57. The van der Waals surface area contributed by atoms with Gasteiger partial charge in [0.15, 0.2) is 0 Å². The summed E-state index contributed by atoms with van der Waals surface area (Å²) in [6, 6.07) is 30.6. The van der Waals surface area contributed by atoms with Gasteiger partial charge in [0.1, 0.15) is 33.8 Å². The summed E-state index contributed by atoms with van der Waals surface area (Å²) >= 11 is 1.70. The summed E-state index contributed by atoms with van der Waals surface area (Å²) < 4.78 is 20.4. The monoisotopic (exact) mass is 538 g/mol. The lowest BCUT2D eigenvalue weighted by molar-refractivity contribution is 0.453. The van der Waals surface area contributed by atoms with Crippen LogP contribution in [0.1, 0.15) is 25.3 Å². The zero-order valence-electron chi connectivity index (χ0n) is 21.9. The fraction of sp³-hybridized carbons (Fsp3) is 0.0909. The van der Waals surface area contributed by atoms with E-state index < -0.39 is 0 Å². The number of fused-ring (bicyclic) bond motifs is 5. The van der Waals surface area contributed by atoms with Crippen LogP contribution in [-0.4, -0.2) is 16.7 Å². The third kappa shape index (κ3) is 3.77. The number of para-hydroxylation sites is 1. The van der Waals surface area contributed by atoms with Crippen molar-refractivity contribution in [2.24, 2.45) is 0 Å². The van der Waals surface area contributed by atoms with E-state index in [2.05, 4.69) is 73.4 Å². The van der Waals surface area contributed by atoms with Gasteiger partial charge in [-0.1, -0.05) is 38.1 Å². The third-order valence-corrected chi connectivity index (χ3v) is 8.62. The summed E-state index contributed by atoms with van der Waals surface area (Å²) in [4.78, 5) is 9.25. The van der Waals surface area contributed by atoms with Gasteiger partial charge in [-0.05, 0) is 83.1 Å². The second-order valence-corrected chi connectivity index (χ2v) is 11.5. The maximum Gasteiger partial charge on any atom is 0.260 e. The minimum atomic E-state index is -0.0830. The fourth-order valence-corrected chi connectivity index (χ4v) is 6.52. The van der Waals surface area contributed by atoms with Crippen molar-refractivity contribution < 1.29 is 14.2 Å². The molecule has 8 rings (SSSR count). The first-order chi connectivity index (χ1) is 19.6. The topological polar surface area (TPSA) is 53.5 Å². The van der Waals surface area contributed by atoms with Gasteiger partial charge < -0.3 is 14.2 Å². The molecule has 6 aromatic rings. The Bertz CT molecular complexity index is 1890. The molecule has 0 unspecified atom stereocenters. The first-order valence-electron chi connectivity index (χ1n) is 13.4. The van der Waals surface area contributed by atoms with E-state index in [0.29, 0.717) is 17.5 Å². The highest BCUT2D eigenvalue weighted by Crippen LogP contribution is 2.39. The van der Waals surface area contributed by atoms with Crippen molar-refractivity contribution >= 4 is 44.7 Å². The molecule has 0 atom stereocenters. The third-order valence-electron chi connectivity index (χ3n) is 7.54. The van der Waals surface area contributed by atoms with E-state index in [1.165, 1.54) is 10.3 Å². The number of hydrogen-bond donors (Lipinski definition) is 0. The number of benzene rings is 4. The van der Waals surface area contributed by atoms with Crippen LogP contribution >= 0.6 is 11.3 Å². The Balaban J connectivity index is 1.30. The molecule has 192 valence electrons. The van der Waals surface area contributed by atoms with Gasteiger partial charge in [-0.25, -0.2) is 9.97 Å². The molecule has 0 fully saturated rings. The average molecular weight is 538 g/mol. The van der Waals surface area contributed by atoms with E-state index in [4.69, 9.17) is 19.2 Å². The molecule has 4 aromatic carbocycles. The van der Waals surface area contributed by atoms with Crippen molar-refractivity contribution in [2.45, 2.75) is 19.8 Å². The summed E-state index contributed by atoms with van der Waals surface area (Å²) in [5, 5.41) is 0.990. The van der Waals surface area contributed by atoms with Crippen LogP contribution in [0, 0.1) is 0 Å². The molecule has 4 heterocycles. The van der Waals surface area contributed by atoms with Crippen LogP contribution < -0.4 is 30.6 Å². The van der Waals surface area contributed by atoms with E-state index in [1.54, 1.807) is 17.5 Å². The van der Waals surface area contributed by atoms with Crippen molar-refractivity contribution in [3.63, 3.8) is 0 Å². The van der Waals surface area contributed by atoms with Crippen molar-refractivity contribution in [1.29, 1.82) is 0 Å². The number of nitrogens with zero attached hydrogens (tertiary/aromatic N) is 2. The second-order valence-electron chi connectivity index (χ2n) is 10.4. The molecule has 0 radical (unpaired) electrons. The number of rotatable bonds is 4. The van der Waals surface area contributed by atoms with Crippen LogP contribution in [0.15, 0.2) is 97.2 Å². The number of hydrogen-bond acceptors (Lipinski definition) is 6. The van der Waals surface area contributed by atoms with Gasteiger partial charge >= 0.3 is 0 Å². The van der Waals surface area contributed by atoms with Gasteiger partial charge in [0, 0.05) is 23.3 Å². The molecular formula is C33H23BN2O3S. The predicted molar refractivity (Wildman–Crippen MR) is 161 cm³/mol. The van der Waals surface area contributed by atoms with E-state index in [-0.39, 0.29) is 6.71 Å². The average Bonchev–Trinajstić information content (AvgIpc) is 3.42. The summed E-state index contributed by atoms with van der Waals surface area (Å²) in [6.45, 7) is 4.29. The summed E-state index contributed by atoms with van der Waals surface area (Å²) in [5.74, 6) is 4.94. The SMILES string of the molecule is CC(C)c1cc2c3c(c1)Oc1ccc(-c4nc5ccccc5s4)cc1B3c1cc(Oc3ccccn3)ccc1O2. The van der Waals surface area contributed by atoms with Crippen LogP contribution in [0.3, 0.4) is 0 Å². The Labute approximate surface area is 236 Å². The first-order valence-corrected chi connectivity index (χ1v) is 14.2. The lowest BCUT2D eigenvalue weighted by atomic mass is 9.34. The normalized spacial score (nSPS) is 12.8. The molecule has 40 heavy (non-hydrogen) atoms. The lowest BCUT2D eigenvalue weighted by Gasteiger charge is -2.34. The van der Waals surface area contributed by atoms with Gasteiger partial charge in [-0.2, -0.15) is 0 Å². The number of pyridine rings is 1.